The molecule has 2 aliphatic heterocycles. The highest BCUT2D eigenvalue weighted by atomic mass is 32.2. The zero-order chi connectivity index (χ0) is 23.1. The third-order valence-corrected chi connectivity index (χ3v) is 7.72. The lowest BCUT2D eigenvalue weighted by molar-refractivity contribution is -0.0973. The highest BCUT2D eigenvalue weighted by molar-refractivity contribution is 8.14. The number of nitrogens with zero attached hydrogens (tertiary/aromatic N) is 2. The number of hydrogen-bond acceptors (Lipinski definition) is 5. The molecule has 1 aromatic heterocycles. The van der Waals surface area contributed by atoms with E-state index in [1.54, 1.807) is 36.7 Å². The number of ether oxygens (including phenoxy) is 1. The lowest BCUT2D eigenvalue weighted by Gasteiger charge is -2.53. The Kier molecular flexibility index (Phi) is 5.54. The van der Waals surface area contributed by atoms with Gasteiger partial charge in [-0.2, -0.15) is 5.10 Å². The molecule has 1 fully saturated rings. The van der Waals surface area contributed by atoms with Gasteiger partial charge in [-0.05, 0) is 24.6 Å². The van der Waals surface area contributed by atoms with Crippen LogP contribution in [0.4, 0.5) is 8.78 Å². The number of benzene rings is 2. The summed E-state index contributed by atoms with van der Waals surface area (Å²) in [7, 11) is 0. The number of aromatic nitrogens is 2. The minimum Gasteiger partial charge on any atom is -0.370 e. The fourth-order valence-electron chi connectivity index (χ4n) is 4.57. The van der Waals surface area contributed by atoms with Crippen molar-refractivity contribution in [3.8, 4) is 0 Å². The molecule has 2 aliphatic rings. The molecule has 3 aromatic rings. The Labute approximate surface area is 193 Å². The molecule has 0 unspecified atom stereocenters. The van der Waals surface area contributed by atoms with Gasteiger partial charge in [-0.25, -0.2) is 13.8 Å². The number of H-pyrrole nitrogens is 1. The van der Waals surface area contributed by atoms with Crippen LogP contribution in [0.15, 0.2) is 65.9 Å². The second-order valence-electron chi connectivity index (χ2n) is 8.61. The summed E-state index contributed by atoms with van der Waals surface area (Å²) in [5, 5.41) is 10.1. The minimum absolute atomic E-state index is 0.0766. The number of aliphatic imine (C=N–C) groups is 1. The van der Waals surface area contributed by atoms with Crippen LogP contribution in [0.25, 0.3) is 0 Å². The number of fused-ring (bicyclic) bond motifs is 1. The van der Waals surface area contributed by atoms with Gasteiger partial charge in [-0.1, -0.05) is 43.0 Å². The average Bonchev–Trinajstić information content (AvgIpc) is 3.34. The van der Waals surface area contributed by atoms with Gasteiger partial charge in [-0.15, -0.1) is 0 Å². The van der Waals surface area contributed by atoms with Gasteiger partial charge in [-0.3, -0.25) is 9.89 Å². The van der Waals surface area contributed by atoms with Crippen LogP contribution in [0.3, 0.4) is 0 Å². The van der Waals surface area contributed by atoms with Gasteiger partial charge in [0.2, 0.25) is 0 Å². The molecule has 0 spiro atoms. The van der Waals surface area contributed by atoms with E-state index in [1.807, 2.05) is 13.0 Å². The van der Waals surface area contributed by atoms with Crippen molar-refractivity contribution >= 4 is 22.8 Å². The molecule has 0 saturated carbocycles. The third-order valence-electron chi connectivity index (χ3n) is 6.47. The molecular formula is C24H22F2N4O2S. The summed E-state index contributed by atoms with van der Waals surface area (Å²) in [6, 6.07) is 12.3. The summed E-state index contributed by atoms with van der Waals surface area (Å²) in [5.41, 5.74) is -0.00556. The molecular weight excluding hydrogens is 446 g/mol. The molecule has 1 amide bonds. The molecule has 6 nitrogen and oxygen atoms in total. The van der Waals surface area contributed by atoms with Gasteiger partial charge in [0.25, 0.3) is 5.91 Å². The molecule has 3 atom stereocenters. The highest BCUT2D eigenvalue weighted by Gasteiger charge is 2.57. The standard InChI is InChI=1S/C24H22F2N4O2S/c1-23-10-20(16-11-27-28-12-16)32-13-24(23,18-8-7-17(25)9-19(18)26)30-22(33-14-23)29-21(31)15-5-3-2-4-6-15/h2-9,11-12,20H,10,13-14H2,1H3,(H,27,28)(H,29,30,31)/t20-,23+,24-/m1/s1. The predicted molar refractivity (Wildman–Crippen MR) is 122 cm³/mol. The van der Waals surface area contributed by atoms with Gasteiger partial charge in [0, 0.05) is 40.1 Å². The zero-order valence-electron chi connectivity index (χ0n) is 17.8. The largest absolute Gasteiger partial charge is 0.370 e. The van der Waals surface area contributed by atoms with Crippen LogP contribution >= 0.6 is 11.8 Å². The van der Waals surface area contributed by atoms with Crippen LogP contribution in [-0.2, 0) is 10.3 Å². The number of amides is 1. The summed E-state index contributed by atoms with van der Waals surface area (Å²) < 4.78 is 35.0. The van der Waals surface area contributed by atoms with E-state index in [0.29, 0.717) is 22.9 Å². The van der Waals surface area contributed by atoms with Crippen molar-refractivity contribution in [3.63, 3.8) is 0 Å². The molecule has 33 heavy (non-hydrogen) atoms. The van der Waals surface area contributed by atoms with Crippen LogP contribution in [0.1, 0.15) is 40.9 Å². The first-order valence-corrected chi connectivity index (χ1v) is 11.5. The summed E-state index contributed by atoms with van der Waals surface area (Å²) in [6.45, 7) is 2.12. The second kappa shape index (κ2) is 8.39. The number of amidine groups is 1. The van der Waals surface area contributed by atoms with Crippen LogP contribution in [-0.4, -0.2) is 33.6 Å². The molecule has 5 rings (SSSR count). The van der Waals surface area contributed by atoms with Crippen molar-refractivity contribution in [2.24, 2.45) is 10.4 Å². The van der Waals surface area contributed by atoms with Gasteiger partial charge >= 0.3 is 0 Å². The highest BCUT2D eigenvalue weighted by Crippen LogP contribution is 2.57. The number of hydrogen-bond donors (Lipinski definition) is 2. The predicted octanol–water partition coefficient (Wildman–Crippen LogP) is 4.58. The number of thioether (sulfide) groups is 1. The van der Waals surface area contributed by atoms with E-state index in [9.17, 15) is 9.18 Å². The van der Waals surface area contributed by atoms with E-state index in [-0.39, 0.29) is 24.2 Å². The first kappa shape index (κ1) is 21.8. The third kappa shape index (κ3) is 3.85. The summed E-state index contributed by atoms with van der Waals surface area (Å²) in [4.78, 5) is 17.6. The number of rotatable bonds is 3. The first-order chi connectivity index (χ1) is 15.9. The number of carbonyl (C=O) groups is 1. The van der Waals surface area contributed by atoms with Crippen LogP contribution in [0.2, 0.25) is 0 Å². The summed E-state index contributed by atoms with van der Waals surface area (Å²) in [6.07, 6.45) is 3.82. The molecule has 0 radical (unpaired) electrons. The van der Waals surface area contributed by atoms with Crippen molar-refractivity contribution in [2.45, 2.75) is 25.0 Å². The SMILES string of the molecule is C[C@]12CSC(NC(=O)c3ccccc3)=N[C@@]1(c1ccc(F)cc1F)CO[C@@H](c1cn[nH]c1)C2. The Balaban J connectivity index is 1.55. The average molecular weight is 469 g/mol. The number of nitrogens with one attached hydrogen (secondary N) is 2. The quantitative estimate of drug-likeness (QED) is 0.590. The van der Waals surface area contributed by atoms with E-state index >= 15 is 4.39 Å². The van der Waals surface area contributed by atoms with Gasteiger partial charge in [0.15, 0.2) is 5.17 Å². The molecule has 9 heteroatoms. The second-order valence-corrected chi connectivity index (χ2v) is 9.57. The molecule has 2 N–H and O–H groups in total. The van der Waals surface area contributed by atoms with Crippen LogP contribution in [0, 0.1) is 17.0 Å². The summed E-state index contributed by atoms with van der Waals surface area (Å²) in [5.74, 6) is -1.08. The van der Waals surface area contributed by atoms with Crippen molar-refractivity contribution in [1.82, 2.24) is 15.5 Å². The normalized spacial score (nSPS) is 26.9. The van der Waals surface area contributed by atoms with Crippen LogP contribution < -0.4 is 5.32 Å². The Morgan fingerprint density at radius 1 is 1.24 bits per heavy atom. The monoisotopic (exact) mass is 468 g/mol. The molecule has 3 heterocycles. The number of halogens is 2. The Hall–Kier alpha value is -3.04. The lowest BCUT2D eigenvalue weighted by atomic mass is 9.63. The van der Waals surface area contributed by atoms with E-state index < -0.39 is 22.6 Å². The number of carbonyl (C=O) groups excluding carboxylic acids is 1. The van der Waals surface area contributed by atoms with Crippen molar-refractivity contribution < 1.29 is 18.3 Å². The van der Waals surface area contributed by atoms with Crippen molar-refractivity contribution in [1.29, 1.82) is 0 Å². The van der Waals surface area contributed by atoms with Crippen LogP contribution in [0.5, 0.6) is 0 Å². The Bertz CT molecular complexity index is 1200. The Morgan fingerprint density at radius 2 is 2.06 bits per heavy atom. The van der Waals surface area contributed by atoms with E-state index in [2.05, 4.69) is 15.5 Å². The van der Waals surface area contributed by atoms with Gasteiger partial charge in [0.1, 0.15) is 17.2 Å². The maximum absolute atomic E-state index is 15.1. The maximum Gasteiger partial charge on any atom is 0.257 e. The topological polar surface area (TPSA) is 79.4 Å². The molecule has 0 bridgehead atoms. The van der Waals surface area contributed by atoms with Crippen molar-refractivity contribution in [2.75, 3.05) is 12.4 Å². The first-order valence-electron chi connectivity index (χ1n) is 10.6. The molecule has 2 aromatic carbocycles. The maximum atomic E-state index is 15.1. The smallest absolute Gasteiger partial charge is 0.257 e. The van der Waals surface area contributed by atoms with E-state index in [0.717, 1.165) is 11.6 Å². The van der Waals surface area contributed by atoms with Crippen molar-refractivity contribution in [3.05, 3.63) is 89.2 Å². The Morgan fingerprint density at radius 3 is 2.79 bits per heavy atom. The van der Waals surface area contributed by atoms with Gasteiger partial charge in [0.05, 0.1) is 18.9 Å². The lowest BCUT2D eigenvalue weighted by Crippen LogP contribution is -2.56. The molecule has 1 saturated heterocycles. The zero-order valence-corrected chi connectivity index (χ0v) is 18.7. The summed E-state index contributed by atoms with van der Waals surface area (Å²) >= 11 is 1.41. The number of aromatic amines is 1. The van der Waals surface area contributed by atoms with Gasteiger partial charge < -0.3 is 10.1 Å². The fraction of sp³-hybridized carbons (Fsp3) is 0.292. The minimum atomic E-state index is -1.13. The fourth-order valence-corrected chi connectivity index (χ4v) is 5.77. The molecule has 170 valence electrons. The van der Waals surface area contributed by atoms with E-state index in [4.69, 9.17) is 9.73 Å². The molecule has 0 aliphatic carbocycles. The van der Waals surface area contributed by atoms with E-state index in [1.165, 1.54) is 23.9 Å².